The third-order valence-electron chi connectivity index (χ3n) is 2.23. The molecule has 0 aromatic carbocycles. The van der Waals surface area contributed by atoms with Crippen molar-refractivity contribution >= 4 is 17.7 Å². The van der Waals surface area contributed by atoms with Gasteiger partial charge in [-0.05, 0) is 5.92 Å². The second-order valence-corrected chi connectivity index (χ2v) is 3.91. The molecule has 0 radical (unpaired) electrons. The lowest BCUT2D eigenvalue weighted by atomic mass is 10.0. The predicted molar refractivity (Wildman–Crippen MR) is 63.0 cm³/mol. The van der Waals surface area contributed by atoms with Crippen LogP contribution in [0.25, 0.3) is 0 Å². The van der Waals surface area contributed by atoms with E-state index in [1.807, 2.05) is 0 Å². The van der Waals surface area contributed by atoms with Gasteiger partial charge in [0.05, 0.1) is 6.20 Å². The minimum Gasteiger partial charge on any atom is -0.368 e. The lowest BCUT2D eigenvalue weighted by molar-refractivity contribution is -0.119. The van der Waals surface area contributed by atoms with Crippen LogP contribution in [0.5, 0.6) is 0 Å². The Morgan fingerprint density at radius 1 is 1.53 bits per heavy atom. The van der Waals surface area contributed by atoms with Crippen LogP contribution < -0.4 is 16.4 Å². The highest BCUT2D eigenvalue weighted by molar-refractivity contribution is 5.83. The maximum Gasteiger partial charge on any atom is 0.240 e. The molecule has 0 saturated carbocycles. The van der Waals surface area contributed by atoms with Gasteiger partial charge in [0, 0.05) is 7.05 Å². The Morgan fingerprint density at radius 3 is 2.65 bits per heavy atom. The van der Waals surface area contributed by atoms with E-state index in [-0.39, 0.29) is 17.7 Å². The summed E-state index contributed by atoms with van der Waals surface area (Å²) in [6.07, 6.45) is 1.03. The Morgan fingerprint density at radius 2 is 2.18 bits per heavy atom. The molecule has 0 aliphatic rings. The standard InChI is InChI=1S/C10H16FN5O/c1-5(2)7(8(12)17)15-9-6(11)4-14-10(13-3)16-9/h4-5,7H,1-3H3,(H2,12,17)(H2,13,14,15,16). The average molecular weight is 241 g/mol. The van der Waals surface area contributed by atoms with E-state index < -0.39 is 17.8 Å². The number of nitrogens with two attached hydrogens (primary N) is 1. The molecule has 0 fully saturated rings. The summed E-state index contributed by atoms with van der Waals surface area (Å²) in [6, 6.07) is -0.677. The molecule has 1 atom stereocenters. The summed E-state index contributed by atoms with van der Waals surface area (Å²) >= 11 is 0. The van der Waals surface area contributed by atoms with Gasteiger partial charge >= 0.3 is 0 Å². The monoisotopic (exact) mass is 241 g/mol. The third-order valence-corrected chi connectivity index (χ3v) is 2.23. The highest BCUT2D eigenvalue weighted by Crippen LogP contribution is 2.15. The summed E-state index contributed by atoms with van der Waals surface area (Å²) in [5.41, 5.74) is 5.22. The lowest BCUT2D eigenvalue weighted by Crippen LogP contribution is -2.40. The number of nitrogens with one attached hydrogen (secondary N) is 2. The molecule has 1 unspecified atom stereocenters. The molecule has 1 heterocycles. The van der Waals surface area contributed by atoms with Crippen LogP contribution in [-0.2, 0) is 4.79 Å². The minimum atomic E-state index is -0.677. The second-order valence-electron chi connectivity index (χ2n) is 3.91. The Kier molecular flexibility index (Phi) is 4.19. The van der Waals surface area contributed by atoms with Gasteiger partial charge in [-0.3, -0.25) is 4.79 Å². The van der Waals surface area contributed by atoms with Crippen LogP contribution in [0.4, 0.5) is 16.2 Å². The molecule has 17 heavy (non-hydrogen) atoms. The van der Waals surface area contributed by atoms with Crippen LogP contribution in [-0.4, -0.2) is 29.0 Å². The molecular formula is C10H16FN5O. The van der Waals surface area contributed by atoms with Crippen molar-refractivity contribution in [3.05, 3.63) is 12.0 Å². The number of primary amides is 1. The highest BCUT2D eigenvalue weighted by atomic mass is 19.1. The van der Waals surface area contributed by atoms with Crippen molar-refractivity contribution in [1.29, 1.82) is 0 Å². The summed E-state index contributed by atoms with van der Waals surface area (Å²) in [4.78, 5) is 18.8. The van der Waals surface area contributed by atoms with Gasteiger partial charge in [-0.1, -0.05) is 13.8 Å². The van der Waals surface area contributed by atoms with Gasteiger partial charge < -0.3 is 16.4 Å². The smallest absolute Gasteiger partial charge is 0.240 e. The van der Waals surface area contributed by atoms with Crippen molar-refractivity contribution in [2.45, 2.75) is 19.9 Å². The van der Waals surface area contributed by atoms with Gasteiger partial charge in [-0.25, -0.2) is 9.37 Å². The summed E-state index contributed by atoms with van der Waals surface area (Å²) in [5, 5.41) is 5.36. The van der Waals surface area contributed by atoms with Gasteiger partial charge in [0.25, 0.3) is 0 Å². The van der Waals surface area contributed by atoms with Gasteiger partial charge in [0.15, 0.2) is 11.6 Å². The number of amides is 1. The van der Waals surface area contributed by atoms with Crippen LogP contribution in [0, 0.1) is 11.7 Å². The van der Waals surface area contributed by atoms with Crippen LogP contribution in [0.15, 0.2) is 6.20 Å². The predicted octanol–water partition coefficient (Wildman–Crippen LogP) is 0.579. The van der Waals surface area contributed by atoms with E-state index in [2.05, 4.69) is 20.6 Å². The van der Waals surface area contributed by atoms with Crippen molar-refractivity contribution < 1.29 is 9.18 Å². The van der Waals surface area contributed by atoms with Crippen LogP contribution in [0.2, 0.25) is 0 Å². The number of anilines is 2. The van der Waals surface area contributed by atoms with Crippen LogP contribution in [0.1, 0.15) is 13.8 Å². The first kappa shape index (κ1) is 13.1. The molecule has 0 aliphatic heterocycles. The fourth-order valence-electron chi connectivity index (χ4n) is 1.30. The Labute approximate surface area is 98.8 Å². The number of carbonyl (C=O) groups excluding carboxylic acids is 1. The number of carbonyl (C=O) groups is 1. The highest BCUT2D eigenvalue weighted by Gasteiger charge is 2.21. The summed E-state index contributed by atoms with van der Waals surface area (Å²) in [7, 11) is 1.62. The number of rotatable bonds is 5. The van der Waals surface area contributed by atoms with Gasteiger partial charge in [-0.2, -0.15) is 4.98 Å². The molecule has 1 amide bonds. The van der Waals surface area contributed by atoms with Gasteiger partial charge in [0.2, 0.25) is 11.9 Å². The quantitative estimate of drug-likeness (QED) is 0.701. The van der Waals surface area contributed by atoms with Crippen LogP contribution >= 0.6 is 0 Å². The Bertz CT molecular complexity index is 410. The topological polar surface area (TPSA) is 92.9 Å². The fraction of sp³-hybridized carbons (Fsp3) is 0.500. The first-order valence-electron chi connectivity index (χ1n) is 5.21. The largest absolute Gasteiger partial charge is 0.368 e. The van der Waals surface area contributed by atoms with E-state index in [1.165, 1.54) is 0 Å². The Balaban J connectivity index is 2.96. The molecule has 4 N–H and O–H groups in total. The third kappa shape index (κ3) is 3.27. The van der Waals surface area contributed by atoms with Crippen molar-refractivity contribution in [3.8, 4) is 0 Å². The summed E-state index contributed by atoms with van der Waals surface area (Å²) < 4.78 is 13.4. The maximum absolute atomic E-state index is 13.4. The van der Waals surface area contributed by atoms with Crippen LogP contribution in [0.3, 0.4) is 0 Å². The molecular weight excluding hydrogens is 225 g/mol. The minimum absolute atomic E-state index is 0.0400. The molecule has 1 aromatic heterocycles. The van der Waals surface area contributed by atoms with Crippen molar-refractivity contribution in [2.24, 2.45) is 11.7 Å². The van der Waals surface area contributed by atoms with E-state index in [1.54, 1.807) is 20.9 Å². The number of hydrogen-bond acceptors (Lipinski definition) is 5. The molecule has 7 heteroatoms. The van der Waals surface area contributed by atoms with E-state index in [0.717, 1.165) is 6.20 Å². The molecule has 0 aliphatic carbocycles. The van der Waals surface area contributed by atoms with E-state index in [0.29, 0.717) is 0 Å². The first-order valence-corrected chi connectivity index (χ1v) is 5.21. The van der Waals surface area contributed by atoms with Gasteiger partial charge in [-0.15, -0.1) is 0 Å². The fourth-order valence-corrected chi connectivity index (χ4v) is 1.30. The van der Waals surface area contributed by atoms with E-state index in [4.69, 9.17) is 5.73 Å². The summed E-state index contributed by atoms with van der Waals surface area (Å²) in [5.74, 6) is -1.03. The number of nitrogens with zero attached hydrogens (tertiary/aromatic N) is 2. The first-order chi connectivity index (χ1) is 7.95. The molecule has 6 nitrogen and oxygen atoms in total. The molecule has 0 bridgehead atoms. The molecule has 1 rings (SSSR count). The zero-order valence-corrected chi connectivity index (χ0v) is 9.99. The zero-order valence-electron chi connectivity index (χ0n) is 9.99. The normalized spacial score (nSPS) is 12.3. The number of hydrogen-bond donors (Lipinski definition) is 3. The van der Waals surface area contributed by atoms with Crippen molar-refractivity contribution in [2.75, 3.05) is 17.7 Å². The zero-order chi connectivity index (χ0) is 13.0. The van der Waals surface area contributed by atoms with Crippen molar-refractivity contribution in [1.82, 2.24) is 9.97 Å². The SMILES string of the molecule is CNc1ncc(F)c(NC(C(N)=O)C(C)C)n1. The number of halogens is 1. The van der Waals surface area contributed by atoms with Crippen molar-refractivity contribution in [3.63, 3.8) is 0 Å². The average Bonchev–Trinajstić information content (AvgIpc) is 2.27. The Hall–Kier alpha value is -1.92. The van der Waals surface area contributed by atoms with E-state index >= 15 is 0 Å². The lowest BCUT2D eigenvalue weighted by Gasteiger charge is -2.19. The second kappa shape index (κ2) is 5.42. The summed E-state index contributed by atoms with van der Waals surface area (Å²) in [6.45, 7) is 3.61. The maximum atomic E-state index is 13.4. The number of aromatic nitrogens is 2. The van der Waals surface area contributed by atoms with E-state index in [9.17, 15) is 9.18 Å². The molecule has 0 saturated heterocycles. The van der Waals surface area contributed by atoms with Gasteiger partial charge in [0.1, 0.15) is 6.04 Å². The molecule has 0 spiro atoms. The molecule has 94 valence electrons. The molecule has 1 aromatic rings.